The van der Waals surface area contributed by atoms with E-state index >= 15 is 0 Å². The average molecular weight is 422 g/mol. The first kappa shape index (κ1) is 21.3. The van der Waals surface area contributed by atoms with Crippen LogP contribution in [-0.4, -0.2) is 36.9 Å². The van der Waals surface area contributed by atoms with E-state index in [1.807, 2.05) is 20.8 Å². The maximum absolute atomic E-state index is 13.1. The molecule has 0 aliphatic heterocycles. The summed E-state index contributed by atoms with van der Waals surface area (Å²) in [5.41, 5.74) is -0.0474. The van der Waals surface area contributed by atoms with Crippen molar-refractivity contribution in [3.05, 3.63) is 36.9 Å². The summed E-state index contributed by atoms with van der Waals surface area (Å²) in [5, 5.41) is 0.829. The van der Waals surface area contributed by atoms with Gasteiger partial charge in [-0.05, 0) is 26.7 Å². The molecule has 0 aliphatic rings. The molecule has 10 heteroatoms. The van der Waals surface area contributed by atoms with Crippen LogP contribution in [0.25, 0.3) is 11.2 Å². The number of ether oxygens (including phenoxy) is 2. The third-order valence-corrected chi connectivity index (χ3v) is 5.41. The smallest absolute Gasteiger partial charge is 0.332 e. The largest absolute Gasteiger partial charge is 0.457 e. The van der Waals surface area contributed by atoms with Crippen molar-refractivity contribution < 1.29 is 9.47 Å². The number of nitrogens with zero attached hydrogens (tertiary/aromatic N) is 5. The van der Waals surface area contributed by atoms with Gasteiger partial charge >= 0.3 is 5.69 Å². The molecule has 0 saturated heterocycles. The Balaban J connectivity index is 1.93. The minimum Gasteiger partial charge on any atom is -0.457 e. The molecular formula is C19H27N5O4S. The number of fused-ring (bicyclic) bond motifs is 1. The van der Waals surface area contributed by atoms with Crippen molar-refractivity contribution in [1.82, 2.24) is 23.7 Å². The SMILES string of the molecule is CCCOCCCn1c(=O)c2c(nc(OCc3ncc(C)s3)n2CC)n(C)c1=O. The minimum absolute atomic E-state index is 0.263. The van der Waals surface area contributed by atoms with Crippen molar-refractivity contribution in [2.75, 3.05) is 13.2 Å². The van der Waals surface area contributed by atoms with Crippen LogP contribution in [0.1, 0.15) is 36.6 Å². The minimum atomic E-state index is -0.388. The van der Waals surface area contributed by atoms with Gasteiger partial charge in [-0.2, -0.15) is 4.98 Å². The van der Waals surface area contributed by atoms with Gasteiger partial charge in [0.15, 0.2) is 11.2 Å². The quantitative estimate of drug-likeness (QED) is 0.465. The van der Waals surface area contributed by atoms with Gasteiger partial charge in [0.05, 0.1) is 0 Å². The first-order chi connectivity index (χ1) is 14.0. The Morgan fingerprint density at radius 3 is 2.62 bits per heavy atom. The second-order valence-corrected chi connectivity index (χ2v) is 8.05. The van der Waals surface area contributed by atoms with Crippen LogP contribution in [0.3, 0.4) is 0 Å². The van der Waals surface area contributed by atoms with Gasteiger partial charge in [-0.15, -0.1) is 11.3 Å². The fraction of sp³-hybridized carbons (Fsp3) is 0.579. The van der Waals surface area contributed by atoms with Gasteiger partial charge in [0.25, 0.3) is 11.6 Å². The number of thiazole rings is 1. The van der Waals surface area contributed by atoms with Crippen LogP contribution in [0.15, 0.2) is 15.8 Å². The second-order valence-electron chi connectivity index (χ2n) is 6.73. The maximum Gasteiger partial charge on any atom is 0.332 e. The van der Waals surface area contributed by atoms with Crippen LogP contribution in [0.2, 0.25) is 0 Å². The fourth-order valence-corrected chi connectivity index (χ4v) is 3.82. The topological polar surface area (TPSA) is 93.2 Å². The molecule has 0 unspecified atom stereocenters. The molecule has 0 radical (unpaired) electrons. The molecule has 0 N–H and O–H groups in total. The van der Waals surface area contributed by atoms with Crippen molar-refractivity contribution in [2.24, 2.45) is 7.05 Å². The standard InChI is InChI=1S/C19H27N5O4S/c1-5-9-27-10-7-8-24-17(25)15-16(22(4)19(24)26)21-18(23(15)6-2)28-12-14-20-11-13(3)29-14/h11H,5-10,12H2,1-4H3. The van der Waals surface area contributed by atoms with Crippen LogP contribution in [0.5, 0.6) is 6.01 Å². The zero-order valence-corrected chi connectivity index (χ0v) is 18.1. The predicted octanol–water partition coefficient (Wildman–Crippen LogP) is 2.08. The number of rotatable bonds is 10. The van der Waals surface area contributed by atoms with E-state index in [0.29, 0.717) is 49.9 Å². The van der Waals surface area contributed by atoms with Crippen LogP contribution >= 0.6 is 11.3 Å². The molecule has 0 spiro atoms. The number of hydrogen-bond donors (Lipinski definition) is 0. The maximum atomic E-state index is 13.1. The summed E-state index contributed by atoms with van der Waals surface area (Å²) in [6.07, 6.45) is 3.32. The molecule has 3 heterocycles. The number of aryl methyl sites for hydroxylation is 3. The molecule has 9 nitrogen and oxygen atoms in total. The van der Waals surface area contributed by atoms with E-state index in [4.69, 9.17) is 9.47 Å². The lowest BCUT2D eigenvalue weighted by molar-refractivity contribution is 0.129. The summed E-state index contributed by atoms with van der Waals surface area (Å²) in [4.78, 5) is 35.6. The van der Waals surface area contributed by atoms with E-state index in [1.54, 1.807) is 29.1 Å². The lowest BCUT2D eigenvalue weighted by Crippen LogP contribution is -2.39. The van der Waals surface area contributed by atoms with Gasteiger partial charge in [0.1, 0.15) is 11.6 Å². The molecule has 3 aromatic heterocycles. The van der Waals surface area contributed by atoms with Crippen molar-refractivity contribution >= 4 is 22.5 Å². The molecular weight excluding hydrogens is 394 g/mol. The van der Waals surface area contributed by atoms with E-state index in [0.717, 1.165) is 16.3 Å². The number of hydrogen-bond acceptors (Lipinski definition) is 7. The molecule has 0 aromatic carbocycles. The van der Waals surface area contributed by atoms with Crippen LogP contribution < -0.4 is 16.0 Å². The monoisotopic (exact) mass is 421 g/mol. The Hall–Kier alpha value is -2.46. The van der Waals surface area contributed by atoms with E-state index < -0.39 is 0 Å². The van der Waals surface area contributed by atoms with Gasteiger partial charge in [0.2, 0.25) is 0 Å². The lowest BCUT2D eigenvalue weighted by atomic mass is 10.4. The molecule has 0 aliphatic carbocycles. The lowest BCUT2D eigenvalue weighted by Gasteiger charge is -2.09. The Morgan fingerprint density at radius 1 is 1.17 bits per heavy atom. The normalized spacial score (nSPS) is 11.4. The summed E-state index contributed by atoms with van der Waals surface area (Å²) in [6.45, 7) is 8.17. The Labute approximate surface area is 172 Å². The van der Waals surface area contributed by atoms with Crippen LogP contribution in [0.4, 0.5) is 0 Å². The molecule has 0 saturated carbocycles. The molecule has 29 heavy (non-hydrogen) atoms. The Kier molecular flexibility index (Phi) is 6.86. The molecule has 0 fully saturated rings. The summed E-state index contributed by atoms with van der Waals surface area (Å²) in [6, 6.07) is 0.312. The first-order valence-electron chi connectivity index (χ1n) is 9.79. The highest BCUT2D eigenvalue weighted by Crippen LogP contribution is 2.20. The van der Waals surface area contributed by atoms with Gasteiger partial charge in [-0.25, -0.2) is 9.78 Å². The fourth-order valence-electron chi connectivity index (χ4n) is 3.12. The Morgan fingerprint density at radius 2 is 1.97 bits per heavy atom. The third-order valence-electron chi connectivity index (χ3n) is 4.53. The van der Waals surface area contributed by atoms with Gasteiger partial charge in [-0.1, -0.05) is 6.92 Å². The molecule has 0 amide bonds. The highest BCUT2D eigenvalue weighted by Gasteiger charge is 2.20. The first-order valence-corrected chi connectivity index (χ1v) is 10.6. The number of aromatic nitrogens is 5. The molecule has 3 aromatic rings. The zero-order chi connectivity index (χ0) is 21.0. The summed E-state index contributed by atoms with van der Waals surface area (Å²) in [5.74, 6) is 0. The van der Waals surface area contributed by atoms with E-state index in [-0.39, 0.29) is 17.9 Å². The van der Waals surface area contributed by atoms with Crippen molar-refractivity contribution in [3.63, 3.8) is 0 Å². The van der Waals surface area contributed by atoms with Gasteiger partial charge < -0.3 is 9.47 Å². The van der Waals surface area contributed by atoms with Crippen molar-refractivity contribution in [3.8, 4) is 6.01 Å². The summed E-state index contributed by atoms with van der Waals surface area (Å²) in [7, 11) is 1.62. The third kappa shape index (κ3) is 4.43. The second kappa shape index (κ2) is 9.36. The van der Waals surface area contributed by atoms with Gasteiger partial charge in [-0.3, -0.25) is 18.5 Å². The molecule has 0 bridgehead atoms. The molecule has 158 valence electrons. The number of imidazole rings is 1. The molecule has 3 rings (SSSR count). The highest BCUT2D eigenvalue weighted by molar-refractivity contribution is 7.11. The van der Waals surface area contributed by atoms with Gasteiger partial charge in [0, 0.05) is 44.4 Å². The summed E-state index contributed by atoms with van der Waals surface area (Å²) >= 11 is 1.55. The Bertz CT molecular complexity index is 1090. The van der Waals surface area contributed by atoms with Crippen LogP contribution in [0, 0.1) is 6.92 Å². The van der Waals surface area contributed by atoms with Crippen molar-refractivity contribution in [1.29, 1.82) is 0 Å². The highest BCUT2D eigenvalue weighted by atomic mass is 32.1. The van der Waals surface area contributed by atoms with E-state index in [1.165, 1.54) is 9.13 Å². The van der Waals surface area contributed by atoms with Crippen molar-refractivity contribution in [2.45, 2.75) is 53.3 Å². The molecule has 0 atom stereocenters. The van der Waals surface area contributed by atoms with E-state index in [9.17, 15) is 9.59 Å². The summed E-state index contributed by atoms with van der Waals surface area (Å²) < 4.78 is 15.7. The van der Waals surface area contributed by atoms with E-state index in [2.05, 4.69) is 9.97 Å². The predicted molar refractivity (Wildman–Crippen MR) is 112 cm³/mol. The zero-order valence-electron chi connectivity index (χ0n) is 17.3. The van der Waals surface area contributed by atoms with Crippen LogP contribution in [-0.2, 0) is 31.5 Å². The average Bonchev–Trinajstić information content (AvgIpc) is 3.29.